The summed E-state index contributed by atoms with van der Waals surface area (Å²) in [6.45, 7) is 7.01. The molecule has 2 aliphatic rings. The Balaban J connectivity index is 0.00000176. The Bertz CT molecular complexity index is 469. The van der Waals surface area contributed by atoms with Gasteiger partial charge in [0.05, 0.1) is 6.61 Å². The highest BCUT2D eigenvalue weighted by Crippen LogP contribution is 2.35. The molecule has 0 bridgehead atoms. The van der Waals surface area contributed by atoms with Gasteiger partial charge in [0.25, 0.3) is 0 Å². The summed E-state index contributed by atoms with van der Waals surface area (Å²) in [5, 5.41) is 0. The quantitative estimate of drug-likeness (QED) is 0.714. The van der Waals surface area contributed by atoms with Crippen LogP contribution in [0.2, 0.25) is 0 Å². The van der Waals surface area contributed by atoms with Gasteiger partial charge in [0, 0.05) is 18.5 Å². The molecule has 1 unspecified atom stereocenters. The minimum atomic E-state index is 0. The van der Waals surface area contributed by atoms with Crippen LogP contribution in [-0.2, 0) is 0 Å². The van der Waals surface area contributed by atoms with E-state index in [-0.39, 0.29) is 12.4 Å². The molecule has 0 amide bonds. The predicted molar refractivity (Wildman–Crippen MR) is 89.4 cm³/mol. The molecule has 4 nitrogen and oxygen atoms in total. The topological polar surface area (TPSA) is 30.9 Å². The second-order valence-electron chi connectivity index (χ2n) is 5.99. The Labute approximate surface area is 139 Å². The molecule has 0 spiro atoms. The minimum Gasteiger partial charge on any atom is -0.493 e. The van der Waals surface area contributed by atoms with Crippen LogP contribution in [0.15, 0.2) is 18.2 Å². The lowest BCUT2D eigenvalue weighted by molar-refractivity contribution is 0.173. The van der Waals surface area contributed by atoms with Crippen LogP contribution in [0.5, 0.6) is 17.2 Å². The van der Waals surface area contributed by atoms with E-state index in [9.17, 15) is 0 Å². The molecule has 22 heavy (non-hydrogen) atoms. The highest BCUT2D eigenvalue weighted by Gasteiger charge is 2.22. The molecule has 1 aromatic rings. The highest BCUT2D eigenvalue weighted by atomic mass is 35.5. The number of halogens is 1. The summed E-state index contributed by atoms with van der Waals surface area (Å²) in [5.41, 5.74) is 0. The van der Waals surface area contributed by atoms with E-state index in [1.165, 1.54) is 45.3 Å². The smallest absolute Gasteiger partial charge is 0.231 e. The summed E-state index contributed by atoms with van der Waals surface area (Å²) in [7, 11) is 0. The summed E-state index contributed by atoms with van der Waals surface area (Å²) >= 11 is 0. The second-order valence-corrected chi connectivity index (χ2v) is 5.99. The van der Waals surface area contributed by atoms with E-state index in [0.717, 1.165) is 23.9 Å². The Morgan fingerprint density at radius 1 is 1.23 bits per heavy atom. The number of benzene rings is 1. The first-order valence-corrected chi connectivity index (χ1v) is 8.10. The predicted octanol–water partition coefficient (Wildman–Crippen LogP) is 3.73. The average Bonchev–Trinajstić information content (AvgIpc) is 3.13. The van der Waals surface area contributed by atoms with E-state index in [0.29, 0.717) is 12.7 Å². The van der Waals surface area contributed by atoms with Gasteiger partial charge in [-0.1, -0.05) is 19.8 Å². The van der Waals surface area contributed by atoms with E-state index in [4.69, 9.17) is 14.2 Å². The summed E-state index contributed by atoms with van der Waals surface area (Å²) in [5.74, 6) is 3.13. The lowest BCUT2D eigenvalue weighted by atomic mass is 10.1. The van der Waals surface area contributed by atoms with Gasteiger partial charge < -0.3 is 19.1 Å². The Kier molecular flexibility index (Phi) is 6.65. The number of likely N-dealkylation sites (tertiary alicyclic amines) is 1. The number of ether oxygens (including phenoxy) is 3. The second kappa shape index (κ2) is 8.49. The zero-order valence-corrected chi connectivity index (χ0v) is 14.1. The fraction of sp³-hybridized carbons (Fsp3) is 0.647. The van der Waals surface area contributed by atoms with Gasteiger partial charge in [-0.05, 0) is 38.1 Å². The van der Waals surface area contributed by atoms with Crippen LogP contribution >= 0.6 is 12.4 Å². The van der Waals surface area contributed by atoms with Gasteiger partial charge in [-0.15, -0.1) is 12.4 Å². The van der Waals surface area contributed by atoms with E-state index >= 15 is 0 Å². The number of unbranched alkanes of at least 4 members (excludes halogenated alkanes) is 2. The fourth-order valence-electron chi connectivity index (χ4n) is 3.02. The number of hydrogen-bond acceptors (Lipinski definition) is 4. The number of hydrogen-bond donors (Lipinski definition) is 0. The van der Waals surface area contributed by atoms with Crippen LogP contribution in [0.1, 0.15) is 32.6 Å². The molecule has 1 saturated heterocycles. The van der Waals surface area contributed by atoms with Gasteiger partial charge in [0.1, 0.15) is 5.75 Å². The maximum absolute atomic E-state index is 5.93. The lowest BCUT2D eigenvalue weighted by Crippen LogP contribution is -2.23. The van der Waals surface area contributed by atoms with Crippen molar-refractivity contribution in [2.75, 3.05) is 33.0 Å². The van der Waals surface area contributed by atoms with Crippen molar-refractivity contribution in [2.45, 2.75) is 32.6 Å². The van der Waals surface area contributed by atoms with Crippen LogP contribution in [0, 0.1) is 5.92 Å². The van der Waals surface area contributed by atoms with Crippen LogP contribution in [0.4, 0.5) is 0 Å². The standard InChI is InChI=1S/C17H25NO3.ClH/c1-2-3-4-8-18-9-7-14(11-18)12-19-15-5-6-16-17(10-15)21-13-20-16;/h5-6,10,14H,2-4,7-9,11-13H2,1H3;1H. The molecule has 5 heteroatoms. The van der Waals surface area contributed by atoms with E-state index in [1.54, 1.807) is 0 Å². The number of fused-ring (bicyclic) bond motifs is 1. The van der Waals surface area contributed by atoms with Crippen molar-refractivity contribution in [3.05, 3.63) is 18.2 Å². The first kappa shape index (κ1) is 17.2. The Hall–Kier alpha value is -1.13. The van der Waals surface area contributed by atoms with Crippen molar-refractivity contribution >= 4 is 12.4 Å². The van der Waals surface area contributed by atoms with Gasteiger partial charge in [-0.3, -0.25) is 0 Å². The third-order valence-corrected chi connectivity index (χ3v) is 4.28. The molecule has 0 aromatic heterocycles. The molecule has 0 saturated carbocycles. The number of rotatable bonds is 7. The normalized spacial score (nSPS) is 20.0. The third kappa shape index (κ3) is 4.43. The first-order chi connectivity index (χ1) is 10.3. The maximum atomic E-state index is 5.93. The largest absolute Gasteiger partial charge is 0.493 e. The van der Waals surface area contributed by atoms with Crippen LogP contribution in [-0.4, -0.2) is 37.9 Å². The molecular formula is C17H26ClNO3. The van der Waals surface area contributed by atoms with Gasteiger partial charge in [0.15, 0.2) is 11.5 Å². The molecular weight excluding hydrogens is 302 g/mol. The van der Waals surface area contributed by atoms with Crippen LogP contribution in [0.3, 0.4) is 0 Å². The van der Waals surface area contributed by atoms with Gasteiger partial charge >= 0.3 is 0 Å². The molecule has 1 fully saturated rings. The summed E-state index contributed by atoms with van der Waals surface area (Å²) in [6.07, 6.45) is 5.21. The third-order valence-electron chi connectivity index (χ3n) is 4.28. The highest BCUT2D eigenvalue weighted by molar-refractivity contribution is 5.85. The molecule has 2 aliphatic heterocycles. The van der Waals surface area contributed by atoms with E-state index < -0.39 is 0 Å². The first-order valence-electron chi connectivity index (χ1n) is 8.10. The average molecular weight is 328 g/mol. The SMILES string of the molecule is CCCCCN1CCC(COc2ccc3c(c2)OCO3)C1.Cl. The minimum absolute atomic E-state index is 0. The van der Waals surface area contributed by atoms with Crippen LogP contribution in [0.25, 0.3) is 0 Å². The molecule has 1 aromatic carbocycles. The maximum Gasteiger partial charge on any atom is 0.231 e. The Morgan fingerprint density at radius 2 is 2.09 bits per heavy atom. The van der Waals surface area contributed by atoms with E-state index in [1.807, 2.05) is 18.2 Å². The number of nitrogens with zero attached hydrogens (tertiary/aromatic N) is 1. The molecule has 2 heterocycles. The summed E-state index contributed by atoms with van der Waals surface area (Å²) in [4.78, 5) is 2.57. The molecule has 3 rings (SSSR count). The summed E-state index contributed by atoms with van der Waals surface area (Å²) < 4.78 is 16.6. The molecule has 0 aliphatic carbocycles. The van der Waals surface area contributed by atoms with Gasteiger partial charge in [-0.2, -0.15) is 0 Å². The zero-order valence-electron chi connectivity index (χ0n) is 13.3. The molecule has 0 radical (unpaired) electrons. The van der Waals surface area contributed by atoms with Crippen molar-refractivity contribution in [1.29, 1.82) is 0 Å². The van der Waals surface area contributed by atoms with Crippen LogP contribution < -0.4 is 14.2 Å². The summed E-state index contributed by atoms with van der Waals surface area (Å²) in [6, 6.07) is 5.81. The molecule has 1 atom stereocenters. The van der Waals surface area contributed by atoms with Crippen molar-refractivity contribution in [3.8, 4) is 17.2 Å². The van der Waals surface area contributed by atoms with Gasteiger partial charge in [-0.25, -0.2) is 0 Å². The van der Waals surface area contributed by atoms with E-state index in [2.05, 4.69) is 11.8 Å². The lowest BCUT2D eigenvalue weighted by Gasteiger charge is -2.16. The molecule has 0 N–H and O–H groups in total. The fourth-order valence-corrected chi connectivity index (χ4v) is 3.02. The molecule has 124 valence electrons. The van der Waals surface area contributed by atoms with Gasteiger partial charge in [0.2, 0.25) is 6.79 Å². The monoisotopic (exact) mass is 327 g/mol. The van der Waals surface area contributed by atoms with Crippen molar-refractivity contribution in [2.24, 2.45) is 5.92 Å². The zero-order chi connectivity index (χ0) is 14.5. The Morgan fingerprint density at radius 3 is 2.95 bits per heavy atom. The van der Waals surface area contributed by atoms with Crippen molar-refractivity contribution in [1.82, 2.24) is 4.90 Å². The van der Waals surface area contributed by atoms with Crippen molar-refractivity contribution < 1.29 is 14.2 Å². The van der Waals surface area contributed by atoms with Crippen molar-refractivity contribution in [3.63, 3.8) is 0 Å².